The third kappa shape index (κ3) is 6.17. The van der Waals surface area contributed by atoms with Gasteiger partial charge in [0.1, 0.15) is 5.38 Å². The van der Waals surface area contributed by atoms with Gasteiger partial charge in [0.25, 0.3) is 0 Å². The lowest BCUT2D eigenvalue weighted by molar-refractivity contribution is -0.120. The summed E-state index contributed by atoms with van der Waals surface area (Å²) < 4.78 is 24.5. The predicted molar refractivity (Wildman–Crippen MR) is 55.8 cm³/mol. The molecule has 1 amide bonds. The Morgan fingerprint density at radius 1 is 1.50 bits per heavy atom. The van der Waals surface area contributed by atoms with E-state index in [0.717, 1.165) is 0 Å². The first-order valence-corrected chi connectivity index (χ1v) is 6.37. The summed E-state index contributed by atoms with van der Waals surface area (Å²) in [5, 5.41) is 1.76. The van der Waals surface area contributed by atoms with Gasteiger partial charge in [0.2, 0.25) is 15.9 Å². The lowest BCUT2D eigenvalue weighted by Gasteiger charge is -2.07. The molecule has 7 heteroatoms. The Morgan fingerprint density at radius 2 is 2.07 bits per heavy atom. The molecule has 0 heterocycles. The van der Waals surface area contributed by atoms with Gasteiger partial charge < -0.3 is 5.32 Å². The summed E-state index contributed by atoms with van der Waals surface area (Å²) in [5.74, 6) is -0.491. The first kappa shape index (κ1) is 13.7. The smallest absolute Gasteiger partial charge is 0.237 e. The molecule has 0 fully saturated rings. The Bertz CT molecular complexity index is 277. The number of alkyl halides is 1. The molecule has 0 saturated heterocycles. The van der Waals surface area contributed by atoms with Crippen LogP contribution < -0.4 is 10.0 Å². The zero-order valence-corrected chi connectivity index (χ0v) is 9.78. The summed E-state index contributed by atoms with van der Waals surface area (Å²) in [7, 11) is -3.26. The number of amides is 1. The molecule has 0 aliphatic carbocycles. The second-order valence-electron chi connectivity index (χ2n) is 2.72. The lowest BCUT2D eigenvalue weighted by Crippen LogP contribution is -2.36. The van der Waals surface area contributed by atoms with Crippen molar-refractivity contribution in [3.8, 4) is 0 Å². The Morgan fingerprint density at radius 3 is 2.50 bits per heavy atom. The molecule has 2 N–H and O–H groups in total. The standard InChI is InChI=1S/C7H15ClN2O3S/c1-3-10-14(12,13)5-4-9-7(11)6(2)8/h6,10H,3-5H2,1-2H3,(H,9,11). The van der Waals surface area contributed by atoms with Gasteiger partial charge in [0.15, 0.2) is 0 Å². The maximum Gasteiger partial charge on any atom is 0.237 e. The molecule has 0 aromatic carbocycles. The second-order valence-corrected chi connectivity index (χ2v) is 5.30. The molecule has 0 aliphatic rings. The van der Waals surface area contributed by atoms with Crippen LogP contribution in [0, 0.1) is 0 Å². The highest BCUT2D eigenvalue weighted by atomic mass is 35.5. The lowest BCUT2D eigenvalue weighted by atomic mass is 10.4. The van der Waals surface area contributed by atoms with Crippen molar-refractivity contribution in [1.29, 1.82) is 0 Å². The van der Waals surface area contributed by atoms with Crippen LogP contribution in [0.1, 0.15) is 13.8 Å². The van der Waals surface area contributed by atoms with Crippen LogP contribution in [0.25, 0.3) is 0 Å². The number of hydrogen-bond acceptors (Lipinski definition) is 3. The molecule has 1 atom stereocenters. The molecule has 0 aromatic rings. The van der Waals surface area contributed by atoms with Gasteiger partial charge in [0, 0.05) is 13.1 Å². The first-order chi connectivity index (χ1) is 6.39. The molecule has 0 aliphatic heterocycles. The Kier molecular flexibility index (Phi) is 6.06. The maximum atomic E-state index is 11.1. The molecule has 0 spiro atoms. The first-order valence-electron chi connectivity index (χ1n) is 4.28. The van der Waals surface area contributed by atoms with E-state index in [2.05, 4.69) is 10.0 Å². The highest BCUT2D eigenvalue weighted by molar-refractivity contribution is 7.89. The van der Waals surface area contributed by atoms with E-state index < -0.39 is 15.4 Å². The van der Waals surface area contributed by atoms with Crippen molar-refractivity contribution in [2.24, 2.45) is 0 Å². The summed E-state index contributed by atoms with van der Waals surface area (Å²) in [6, 6.07) is 0. The number of carbonyl (C=O) groups excluding carboxylic acids is 1. The molecule has 0 aromatic heterocycles. The Labute approximate surface area is 89.3 Å². The molecule has 84 valence electrons. The second kappa shape index (κ2) is 6.21. The SMILES string of the molecule is CCNS(=O)(=O)CCNC(=O)C(C)Cl. The minimum absolute atomic E-state index is 0.0746. The molecule has 14 heavy (non-hydrogen) atoms. The largest absolute Gasteiger partial charge is 0.354 e. The van der Waals surface area contributed by atoms with E-state index in [4.69, 9.17) is 11.6 Å². The van der Waals surface area contributed by atoms with Gasteiger partial charge in [0.05, 0.1) is 5.75 Å². The van der Waals surface area contributed by atoms with Crippen LogP contribution in [0.5, 0.6) is 0 Å². The fourth-order valence-electron chi connectivity index (χ4n) is 0.741. The van der Waals surface area contributed by atoms with Crippen molar-refractivity contribution >= 4 is 27.5 Å². The fraction of sp³-hybridized carbons (Fsp3) is 0.857. The summed E-state index contributed by atoms with van der Waals surface area (Å²) >= 11 is 5.46. The minimum atomic E-state index is -3.26. The molecule has 1 unspecified atom stereocenters. The molecule has 5 nitrogen and oxygen atoms in total. The van der Waals surface area contributed by atoms with Crippen LogP contribution in [-0.4, -0.2) is 38.5 Å². The van der Waals surface area contributed by atoms with Gasteiger partial charge in [-0.1, -0.05) is 6.92 Å². The number of hydrogen-bond donors (Lipinski definition) is 2. The third-order valence-corrected chi connectivity index (χ3v) is 3.06. The van der Waals surface area contributed by atoms with Crippen molar-refractivity contribution < 1.29 is 13.2 Å². The molecule has 0 rings (SSSR count). The number of carbonyl (C=O) groups is 1. The topological polar surface area (TPSA) is 75.3 Å². The number of halogens is 1. The Hall–Kier alpha value is -0.330. The summed E-state index contributed by atoms with van der Waals surface area (Å²) in [4.78, 5) is 10.9. The monoisotopic (exact) mass is 242 g/mol. The maximum absolute atomic E-state index is 11.1. The van der Waals surface area contributed by atoms with Gasteiger partial charge in [-0.3, -0.25) is 4.79 Å². The summed E-state index contributed by atoms with van der Waals surface area (Å²) in [6.07, 6.45) is 0. The zero-order chi connectivity index (χ0) is 11.2. The molecular weight excluding hydrogens is 228 g/mol. The van der Waals surface area contributed by atoms with Crippen molar-refractivity contribution in [3.05, 3.63) is 0 Å². The van der Waals surface area contributed by atoms with E-state index in [1.807, 2.05) is 0 Å². The van der Waals surface area contributed by atoms with Crippen LogP contribution >= 0.6 is 11.6 Å². The van der Waals surface area contributed by atoms with E-state index in [1.165, 1.54) is 6.92 Å². The van der Waals surface area contributed by atoms with E-state index in [9.17, 15) is 13.2 Å². The number of rotatable bonds is 6. The van der Waals surface area contributed by atoms with Crippen molar-refractivity contribution in [3.63, 3.8) is 0 Å². The van der Waals surface area contributed by atoms with Gasteiger partial charge in [-0.2, -0.15) is 0 Å². The van der Waals surface area contributed by atoms with Gasteiger partial charge in [-0.15, -0.1) is 11.6 Å². The highest BCUT2D eigenvalue weighted by Gasteiger charge is 2.11. The van der Waals surface area contributed by atoms with Crippen LogP contribution in [-0.2, 0) is 14.8 Å². The van der Waals surface area contributed by atoms with Crippen LogP contribution in [0.2, 0.25) is 0 Å². The quantitative estimate of drug-likeness (QED) is 0.627. The van der Waals surface area contributed by atoms with Crippen LogP contribution in [0.4, 0.5) is 0 Å². The third-order valence-electron chi connectivity index (χ3n) is 1.40. The van der Waals surface area contributed by atoms with Gasteiger partial charge in [-0.25, -0.2) is 13.1 Å². The molecule has 0 saturated carbocycles. The normalized spacial score (nSPS) is 13.6. The molecule has 0 radical (unpaired) electrons. The highest BCUT2D eigenvalue weighted by Crippen LogP contribution is 1.91. The summed E-state index contributed by atoms with van der Waals surface area (Å²) in [5.41, 5.74) is 0. The average Bonchev–Trinajstić information content (AvgIpc) is 2.03. The summed E-state index contributed by atoms with van der Waals surface area (Å²) in [6.45, 7) is 3.64. The van der Waals surface area contributed by atoms with Crippen molar-refractivity contribution in [2.75, 3.05) is 18.8 Å². The van der Waals surface area contributed by atoms with Crippen molar-refractivity contribution in [1.82, 2.24) is 10.0 Å². The zero-order valence-electron chi connectivity index (χ0n) is 8.21. The van der Waals surface area contributed by atoms with Gasteiger partial charge >= 0.3 is 0 Å². The van der Waals surface area contributed by atoms with E-state index >= 15 is 0 Å². The van der Waals surface area contributed by atoms with Crippen LogP contribution in [0.15, 0.2) is 0 Å². The average molecular weight is 243 g/mol. The van der Waals surface area contributed by atoms with E-state index in [1.54, 1.807) is 6.92 Å². The van der Waals surface area contributed by atoms with Gasteiger partial charge in [-0.05, 0) is 6.92 Å². The Balaban J connectivity index is 3.80. The molecule has 0 bridgehead atoms. The predicted octanol–water partition coefficient (Wildman–Crippen LogP) is -0.331. The number of sulfonamides is 1. The minimum Gasteiger partial charge on any atom is -0.354 e. The van der Waals surface area contributed by atoms with E-state index in [0.29, 0.717) is 6.54 Å². The molecular formula is C7H15ClN2O3S. The van der Waals surface area contributed by atoms with Crippen molar-refractivity contribution in [2.45, 2.75) is 19.2 Å². The van der Waals surface area contributed by atoms with E-state index in [-0.39, 0.29) is 18.2 Å². The van der Waals surface area contributed by atoms with Crippen LogP contribution in [0.3, 0.4) is 0 Å². The fourth-order valence-corrected chi connectivity index (χ4v) is 1.77. The number of nitrogens with one attached hydrogen (secondary N) is 2.